The van der Waals surface area contributed by atoms with E-state index < -0.39 is 10.0 Å². The first-order chi connectivity index (χ1) is 13.3. The van der Waals surface area contributed by atoms with Crippen LogP contribution in [0.1, 0.15) is 12.5 Å². The van der Waals surface area contributed by atoms with Crippen LogP contribution in [-0.4, -0.2) is 38.0 Å². The van der Waals surface area contributed by atoms with Gasteiger partial charge < -0.3 is 19.4 Å². The van der Waals surface area contributed by atoms with Crippen LogP contribution in [-0.2, 0) is 14.8 Å². The molecule has 0 bridgehead atoms. The van der Waals surface area contributed by atoms with E-state index >= 15 is 0 Å². The van der Waals surface area contributed by atoms with E-state index in [9.17, 15) is 13.2 Å². The van der Waals surface area contributed by atoms with Gasteiger partial charge in [-0.1, -0.05) is 0 Å². The Hall–Kier alpha value is -3.02. The van der Waals surface area contributed by atoms with E-state index in [1.165, 1.54) is 30.0 Å². The maximum atomic E-state index is 12.8. The number of fused-ring (bicyclic) bond motifs is 1. The maximum absolute atomic E-state index is 12.8. The number of nitrogens with one attached hydrogen (secondary N) is 1. The van der Waals surface area contributed by atoms with E-state index in [4.69, 9.17) is 15.3 Å². The van der Waals surface area contributed by atoms with Crippen LogP contribution in [0.2, 0.25) is 0 Å². The fourth-order valence-electron chi connectivity index (χ4n) is 2.89. The molecule has 0 saturated heterocycles. The first kappa shape index (κ1) is 19.7. The number of carbonyl (C=O) groups excluding carboxylic acids is 1. The zero-order chi connectivity index (χ0) is 20.5. The molecule has 1 amide bonds. The molecular formula is C17H18N2O8S. The minimum atomic E-state index is -4.03. The van der Waals surface area contributed by atoms with Crippen molar-refractivity contribution in [3.63, 3.8) is 0 Å². The van der Waals surface area contributed by atoms with Gasteiger partial charge in [0.1, 0.15) is 12.4 Å². The third-order valence-corrected chi connectivity index (χ3v) is 5.71. The number of sulfonamides is 1. The maximum Gasteiger partial charge on any atom is 0.262 e. The molecule has 1 aliphatic rings. The molecule has 28 heavy (non-hydrogen) atoms. The predicted octanol–water partition coefficient (Wildman–Crippen LogP) is 2.24. The highest BCUT2D eigenvalue weighted by molar-refractivity contribution is 7.92. The second-order valence-electron chi connectivity index (χ2n) is 6.05. The van der Waals surface area contributed by atoms with Crippen LogP contribution in [0.25, 0.3) is 0 Å². The summed E-state index contributed by atoms with van der Waals surface area (Å²) in [7, 11) is -4.03. The zero-order valence-electron chi connectivity index (χ0n) is 15.0. The average Bonchev–Trinajstić information content (AvgIpc) is 2.66. The van der Waals surface area contributed by atoms with E-state index in [2.05, 4.69) is 14.5 Å². The topological polar surface area (TPSA) is 135 Å². The van der Waals surface area contributed by atoms with Gasteiger partial charge in [0.15, 0.2) is 0 Å². The van der Waals surface area contributed by atoms with Gasteiger partial charge in [-0.2, -0.15) is 0 Å². The summed E-state index contributed by atoms with van der Waals surface area (Å²) < 4.78 is 33.6. The van der Waals surface area contributed by atoms with Gasteiger partial charge in [0.05, 0.1) is 22.8 Å². The SMILES string of the molecule is CC(=O)N1CCOc2cc(S(=O)(=O)Nc3ccc(OO)c(OO)c3)c(C)cc21. The molecule has 2 aromatic rings. The van der Waals surface area contributed by atoms with E-state index in [-0.39, 0.29) is 40.3 Å². The lowest BCUT2D eigenvalue weighted by molar-refractivity contribution is -0.164. The summed E-state index contributed by atoms with van der Waals surface area (Å²) in [4.78, 5) is 21.3. The van der Waals surface area contributed by atoms with E-state index in [1.807, 2.05) is 0 Å². The number of rotatable bonds is 5. The number of carbonyl (C=O) groups is 1. The third kappa shape index (κ3) is 3.67. The Labute approximate surface area is 160 Å². The van der Waals surface area contributed by atoms with Crippen molar-refractivity contribution in [2.75, 3.05) is 22.8 Å². The molecule has 0 fully saturated rings. The molecule has 3 N–H and O–H groups in total. The van der Waals surface area contributed by atoms with Crippen LogP contribution < -0.4 is 24.1 Å². The summed E-state index contributed by atoms with van der Waals surface area (Å²) in [5.74, 6) is -0.366. The Kier molecular flexibility index (Phi) is 5.31. The van der Waals surface area contributed by atoms with Crippen molar-refractivity contribution in [3.8, 4) is 17.2 Å². The molecule has 1 heterocycles. The summed E-state index contributed by atoms with van der Waals surface area (Å²) in [5, 5.41) is 17.5. The highest BCUT2D eigenvalue weighted by atomic mass is 32.2. The quantitative estimate of drug-likeness (QED) is 0.505. The summed E-state index contributed by atoms with van der Waals surface area (Å²) in [6.45, 7) is 3.67. The van der Waals surface area contributed by atoms with E-state index in [0.717, 1.165) is 6.07 Å². The van der Waals surface area contributed by atoms with Gasteiger partial charge in [-0.15, -0.1) is 0 Å². The number of hydrogen-bond acceptors (Lipinski definition) is 8. The van der Waals surface area contributed by atoms with Crippen LogP contribution in [0.3, 0.4) is 0 Å². The van der Waals surface area contributed by atoms with E-state index in [0.29, 0.717) is 17.8 Å². The van der Waals surface area contributed by atoms with Gasteiger partial charge in [0.2, 0.25) is 17.4 Å². The Morgan fingerprint density at radius 2 is 1.89 bits per heavy atom. The monoisotopic (exact) mass is 410 g/mol. The highest BCUT2D eigenvalue weighted by Crippen LogP contribution is 2.37. The molecule has 10 nitrogen and oxygen atoms in total. The minimum absolute atomic E-state index is 0.0365. The Morgan fingerprint density at radius 1 is 1.18 bits per heavy atom. The van der Waals surface area contributed by atoms with Crippen LogP contribution in [0.15, 0.2) is 35.2 Å². The number of ether oxygens (including phenoxy) is 1. The second kappa shape index (κ2) is 7.54. The van der Waals surface area contributed by atoms with Crippen LogP contribution >= 0.6 is 0 Å². The van der Waals surface area contributed by atoms with Gasteiger partial charge in [-0.25, -0.2) is 18.9 Å². The molecule has 0 atom stereocenters. The first-order valence-corrected chi connectivity index (χ1v) is 9.60. The molecule has 0 spiro atoms. The standard InChI is InChI=1S/C17H18N2O8S/c1-10-7-13-15(25-6-5-19(13)11(2)20)9-17(10)28(23,24)18-12-3-4-14(26-21)16(8-12)27-22/h3-4,7-9,18,21-22H,5-6H2,1-2H3. The Bertz CT molecular complexity index is 1020. The van der Waals surface area contributed by atoms with Crippen molar-refractivity contribution in [2.45, 2.75) is 18.7 Å². The number of anilines is 2. The van der Waals surface area contributed by atoms with Crippen molar-refractivity contribution < 1.29 is 38.2 Å². The van der Waals surface area contributed by atoms with Crippen LogP contribution in [0.5, 0.6) is 17.2 Å². The number of benzene rings is 2. The van der Waals surface area contributed by atoms with Crippen molar-refractivity contribution in [1.29, 1.82) is 0 Å². The predicted molar refractivity (Wildman–Crippen MR) is 98.5 cm³/mol. The average molecular weight is 410 g/mol. The van der Waals surface area contributed by atoms with E-state index in [1.54, 1.807) is 13.0 Å². The molecule has 11 heteroatoms. The van der Waals surface area contributed by atoms with Crippen LogP contribution in [0.4, 0.5) is 11.4 Å². The second-order valence-corrected chi connectivity index (χ2v) is 7.70. The molecule has 150 valence electrons. The van der Waals surface area contributed by atoms with Gasteiger partial charge in [-0.05, 0) is 30.7 Å². The highest BCUT2D eigenvalue weighted by Gasteiger charge is 2.26. The lowest BCUT2D eigenvalue weighted by atomic mass is 10.1. The molecule has 0 unspecified atom stereocenters. The summed E-state index contributed by atoms with van der Waals surface area (Å²) in [5.41, 5.74) is 0.987. The summed E-state index contributed by atoms with van der Waals surface area (Å²) >= 11 is 0. The number of amides is 1. The van der Waals surface area contributed by atoms with Gasteiger partial charge in [0, 0.05) is 19.1 Å². The lowest BCUT2D eigenvalue weighted by Gasteiger charge is -2.29. The molecular weight excluding hydrogens is 392 g/mol. The van der Waals surface area contributed by atoms with Crippen molar-refractivity contribution in [1.82, 2.24) is 0 Å². The fraction of sp³-hybridized carbons (Fsp3) is 0.235. The third-order valence-electron chi connectivity index (χ3n) is 4.18. The minimum Gasteiger partial charge on any atom is -0.489 e. The van der Waals surface area contributed by atoms with Gasteiger partial charge in [-0.3, -0.25) is 9.52 Å². The zero-order valence-corrected chi connectivity index (χ0v) is 15.8. The Morgan fingerprint density at radius 3 is 2.54 bits per heavy atom. The van der Waals surface area contributed by atoms with Crippen molar-refractivity contribution in [3.05, 3.63) is 35.9 Å². The molecule has 1 aliphatic heterocycles. The smallest absolute Gasteiger partial charge is 0.262 e. The molecule has 0 aliphatic carbocycles. The Balaban J connectivity index is 1.98. The number of aryl methyl sites for hydroxylation is 1. The van der Waals surface area contributed by atoms with Gasteiger partial charge in [0.25, 0.3) is 10.0 Å². The molecule has 0 saturated carbocycles. The molecule has 2 aromatic carbocycles. The normalized spacial score (nSPS) is 13.4. The molecule has 0 radical (unpaired) electrons. The number of hydrogen-bond donors (Lipinski definition) is 3. The van der Waals surface area contributed by atoms with Crippen molar-refractivity contribution in [2.24, 2.45) is 0 Å². The largest absolute Gasteiger partial charge is 0.489 e. The molecule has 0 aromatic heterocycles. The molecule has 3 rings (SSSR count). The van der Waals surface area contributed by atoms with Crippen molar-refractivity contribution >= 4 is 27.3 Å². The first-order valence-electron chi connectivity index (χ1n) is 8.12. The van der Waals surface area contributed by atoms with Crippen LogP contribution in [0, 0.1) is 6.92 Å². The number of nitrogens with zero attached hydrogens (tertiary/aromatic N) is 1. The summed E-state index contributed by atoms with van der Waals surface area (Å²) in [6.07, 6.45) is 0. The summed E-state index contributed by atoms with van der Waals surface area (Å²) in [6, 6.07) is 6.58. The fourth-order valence-corrected chi connectivity index (χ4v) is 4.19. The van der Waals surface area contributed by atoms with Gasteiger partial charge >= 0.3 is 0 Å². The lowest BCUT2D eigenvalue weighted by Crippen LogP contribution is -2.36.